The van der Waals surface area contributed by atoms with Crippen LogP contribution in [-0.2, 0) is 0 Å². The van der Waals surface area contributed by atoms with E-state index in [1.807, 2.05) is 13.8 Å². The van der Waals surface area contributed by atoms with Gasteiger partial charge in [-0.1, -0.05) is 0 Å². The van der Waals surface area contributed by atoms with Crippen LogP contribution in [0.25, 0.3) is 10.6 Å². The van der Waals surface area contributed by atoms with Gasteiger partial charge in [0, 0.05) is 22.5 Å². The standard InChI is InChI=1S/C12H13FN2OS/c1-6(14)11-7(2)15-12(17-11)9-4-3-8(16)5-10(9)13/h3-6,16H,14H2,1-2H3. The van der Waals surface area contributed by atoms with Gasteiger partial charge in [-0.2, -0.15) is 0 Å². The summed E-state index contributed by atoms with van der Waals surface area (Å²) in [5, 5.41) is 9.75. The third-order valence-electron chi connectivity index (χ3n) is 2.43. The van der Waals surface area contributed by atoms with Crippen molar-refractivity contribution in [2.75, 3.05) is 0 Å². The van der Waals surface area contributed by atoms with E-state index >= 15 is 0 Å². The van der Waals surface area contributed by atoms with Gasteiger partial charge in [-0.15, -0.1) is 11.3 Å². The average molecular weight is 252 g/mol. The van der Waals surface area contributed by atoms with Gasteiger partial charge in [0.25, 0.3) is 0 Å². The summed E-state index contributed by atoms with van der Waals surface area (Å²) in [5.41, 5.74) is 7.02. The molecule has 2 rings (SSSR count). The van der Waals surface area contributed by atoms with Gasteiger partial charge in [0.05, 0.1) is 5.69 Å². The lowest BCUT2D eigenvalue weighted by molar-refractivity contribution is 0.469. The van der Waals surface area contributed by atoms with E-state index in [0.717, 1.165) is 16.6 Å². The molecule has 1 heterocycles. The first kappa shape index (κ1) is 12.0. The fraction of sp³-hybridized carbons (Fsp3) is 0.250. The molecule has 0 fully saturated rings. The number of hydrogen-bond donors (Lipinski definition) is 2. The summed E-state index contributed by atoms with van der Waals surface area (Å²) < 4.78 is 13.7. The maximum absolute atomic E-state index is 13.7. The molecule has 0 aliphatic heterocycles. The first-order valence-electron chi connectivity index (χ1n) is 5.21. The SMILES string of the molecule is Cc1nc(-c2ccc(O)cc2F)sc1C(C)N. The fourth-order valence-corrected chi connectivity index (χ4v) is 2.67. The molecule has 0 aliphatic rings. The number of phenolic OH excluding ortho intramolecular Hbond substituents is 1. The highest BCUT2D eigenvalue weighted by Gasteiger charge is 2.15. The largest absolute Gasteiger partial charge is 0.508 e. The van der Waals surface area contributed by atoms with E-state index in [2.05, 4.69) is 4.98 Å². The summed E-state index contributed by atoms with van der Waals surface area (Å²) in [6.07, 6.45) is 0. The number of hydrogen-bond acceptors (Lipinski definition) is 4. The molecule has 3 nitrogen and oxygen atoms in total. The van der Waals surface area contributed by atoms with Gasteiger partial charge in [0.15, 0.2) is 0 Å². The summed E-state index contributed by atoms with van der Waals surface area (Å²) in [6, 6.07) is 3.94. The number of aryl methyl sites for hydroxylation is 1. The second-order valence-corrected chi connectivity index (χ2v) is 4.95. The maximum Gasteiger partial charge on any atom is 0.137 e. The summed E-state index contributed by atoms with van der Waals surface area (Å²) >= 11 is 1.38. The van der Waals surface area contributed by atoms with Crippen molar-refractivity contribution in [1.29, 1.82) is 0 Å². The fourth-order valence-electron chi connectivity index (χ4n) is 1.62. The summed E-state index contributed by atoms with van der Waals surface area (Å²) in [5.74, 6) is -0.568. The average Bonchev–Trinajstić information content (AvgIpc) is 2.60. The maximum atomic E-state index is 13.7. The van der Waals surface area contributed by atoms with E-state index in [4.69, 9.17) is 10.8 Å². The van der Waals surface area contributed by atoms with E-state index < -0.39 is 5.82 Å². The molecule has 0 aliphatic carbocycles. The minimum atomic E-state index is -0.477. The number of thiazole rings is 1. The summed E-state index contributed by atoms with van der Waals surface area (Å²) in [7, 11) is 0. The van der Waals surface area contributed by atoms with Crippen LogP contribution in [0.1, 0.15) is 23.5 Å². The molecule has 0 saturated carbocycles. The first-order chi connectivity index (χ1) is 7.99. The predicted molar refractivity (Wildman–Crippen MR) is 66.5 cm³/mol. The van der Waals surface area contributed by atoms with Gasteiger partial charge < -0.3 is 10.8 Å². The van der Waals surface area contributed by atoms with Crippen LogP contribution in [-0.4, -0.2) is 10.1 Å². The molecule has 1 unspecified atom stereocenters. The topological polar surface area (TPSA) is 59.1 Å². The lowest BCUT2D eigenvalue weighted by Gasteiger charge is -2.00. The van der Waals surface area contributed by atoms with Crippen LogP contribution in [0.3, 0.4) is 0 Å². The zero-order chi connectivity index (χ0) is 12.6. The van der Waals surface area contributed by atoms with Crippen LogP contribution in [0.2, 0.25) is 0 Å². The number of aromatic hydroxyl groups is 1. The number of rotatable bonds is 2. The number of nitrogens with two attached hydrogens (primary N) is 1. The van der Waals surface area contributed by atoms with Crippen LogP contribution in [0, 0.1) is 12.7 Å². The Labute approximate surface area is 103 Å². The van der Waals surface area contributed by atoms with Crippen molar-refractivity contribution < 1.29 is 9.50 Å². The van der Waals surface area contributed by atoms with Crippen LogP contribution in [0.5, 0.6) is 5.75 Å². The van der Waals surface area contributed by atoms with Crippen molar-refractivity contribution in [3.05, 3.63) is 34.6 Å². The quantitative estimate of drug-likeness (QED) is 0.863. The Morgan fingerprint density at radius 2 is 2.18 bits per heavy atom. The molecule has 0 amide bonds. The van der Waals surface area contributed by atoms with Crippen LogP contribution >= 0.6 is 11.3 Å². The Balaban J connectivity index is 2.50. The Morgan fingerprint density at radius 3 is 2.71 bits per heavy atom. The minimum Gasteiger partial charge on any atom is -0.508 e. The van der Waals surface area contributed by atoms with Gasteiger partial charge in [-0.25, -0.2) is 9.37 Å². The zero-order valence-corrected chi connectivity index (χ0v) is 10.4. The Hall–Kier alpha value is -1.46. The van der Waals surface area contributed by atoms with Gasteiger partial charge >= 0.3 is 0 Å². The lowest BCUT2D eigenvalue weighted by atomic mass is 10.2. The van der Waals surface area contributed by atoms with E-state index in [9.17, 15) is 4.39 Å². The van der Waals surface area contributed by atoms with Crippen molar-refractivity contribution >= 4 is 11.3 Å². The van der Waals surface area contributed by atoms with Crippen molar-refractivity contribution in [3.8, 4) is 16.3 Å². The molecule has 90 valence electrons. The molecule has 0 bridgehead atoms. The molecule has 1 aromatic carbocycles. The Bertz CT molecular complexity index is 551. The van der Waals surface area contributed by atoms with Gasteiger partial charge in [0.1, 0.15) is 16.6 Å². The van der Waals surface area contributed by atoms with E-state index in [0.29, 0.717) is 10.6 Å². The monoisotopic (exact) mass is 252 g/mol. The van der Waals surface area contributed by atoms with Crippen molar-refractivity contribution in [1.82, 2.24) is 4.98 Å². The normalized spacial score (nSPS) is 12.7. The molecule has 1 atom stereocenters. The molecular formula is C12H13FN2OS. The molecule has 3 N–H and O–H groups in total. The molecular weight excluding hydrogens is 239 g/mol. The van der Waals surface area contributed by atoms with Gasteiger partial charge in [-0.3, -0.25) is 0 Å². The molecule has 17 heavy (non-hydrogen) atoms. The second kappa shape index (κ2) is 4.43. The molecule has 5 heteroatoms. The van der Waals surface area contributed by atoms with Gasteiger partial charge in [-0.05, 0) is 26.0 Å². The number of nitrogens with zero attached hydrogens (tertiary/aromatic N) is 1. The zero-order valence-electron chi connectivity index (χ0n) is 9.57. The van der Waals surface area contributed by atoms with Gasteiger partial charge in [0.2, 0.25) is 0 Å². The smallest absolute Gasteiger partial charge is 0.137 e. The van der Waals surface area contributed by atoms with Crippen LogP contribution in [0.15, 0.2) is 18.2 Å². The minimum absolute atomic E-state index is 0.0908. The summed E-state index contributed by atoms with van der Waals surface area (Å²) in [6.45, 7) is 3.73. The number of aromatic nitrogens is 1. The van der Waals surface area contributed by atoms with Crippen molar-refractivity contribution in [2.45, 2.75) is 19.9 Å². The van der Waals surface area contributed by atoms with E-state index in [-0.39, 0.29) is 11.8 Å². The van der Waals surface area contributed by atoms with E-state index in [1.54, 1.807) is 0 Å². The molecule has 2 aromatic rings. The Morgan fingerprint density at radius 1 is 1.47 bits per heavy atom. The highest BCUT2D eigenvalue weighted by Crippen LogP contribution is 2.33. The third-order valence-corrected chi connectivity index (χ3v) is 3.82. The van der Waals surface area contributed by atoms with E-state index in [1.165, 1.54) is 23.5 Å². The van der Waals surface area contributed by atoms with Crippen LogP contribution in [0.4, 0.5) is 4.39 Å². The molecule has 0 radical (unpaired) electrons. The van der Waals surface area contributed by atoms with Crippen LogP contribution < -0.4 is 5.73 Å². The highest BCUT2D eigenvalue weighted by molar-refractivity contribution is 7.15. The molecule has 1 aromatic heterocycles. The lowest BCUT2D eigenvalue weighted by Crippen LogP contribution is -2.03. The van der Waals surface area contributed by atoms with Crippen molar-refractivity contribution in [2.24, 2.45) is 5.73 Å². The third kappa shape index (κ3) is 2.30. The number of phenols is 1. The Kier molecular flexibility index (Phi) is 3.13. The summed E-state index contributed by atoms with van der Waals surface area (Å²) in [4.78, 5) is 5.26. The first-order valence-corrected chi connectivity index (χ1v) is 6.02. The highest BCUT2D eigenvalue weighted by atomic mass is 32.1. The molecule has 0 saturated heterocycles. The predicted octanol–water partition coefficient (Wildman–Crippen LogP) is 2.98. The number of benzene rings is 1. The second-order valence-electron chi connectivity index (χ2n) is 3.92. The number of halogens is 1. The molecule has 0 spiro atoms. The van der Waals surface area contributed by atoms with Crippen molar-refractivity contribution in [3.63, 3.8) is 0 Å².